The minimum Gasteiger partial charge on any atom is -0.494 e. The first-order valence-corrected chi connectivity index (χ1v) is 12.7. The summed E-state index contributed by atoms with van der Waals surface area (Å²) < 4.78 is 10.7. The normalized spacial score (nSPS) is 9.82. The van der Waals surface area contributed by atoms with Crippen molar-refractivity contribution >= 4 is 46.4 Å². The van der Waals surface area contributed by atoms with Crippen LogP contribution in [0.4, 0.5) is 32.3 Å². The summed E-state index contributed by atoms with van der Waals surface area (Å²) in [6, 6.07) is 30.1. The van der Waals surface area contributed by atoms with Crippen LogP contribution < -0.4 is 30.7 Å². The highest BCUT2D eigenvalue weighted by atomic mass is 35.5. The zero-order valence-electron chi connectivity index (χ0n) is 21.7. The van der Waals surface area contributed by atoms with Gasteiger partial charge in [-0.15, -0.1) is 0 Å². The Morgan fingerprint density at radius 3 is 1.41 bits per heavy atom. The van der Waals surface area contributed by atoms with Gasteiger partial charge in [-0.05, 0) is 92.7 Å². The van der Waals surface area contributed by atoms with Crippen LogP contribution in [-0.4, -0.2) is 25.3 Å². The maximum Gasteiger partial charge on any atom is 0.323 e. The lowest BCUT2D eigenvalue weighted by atomic mass is 10.3. The lowest BCUT2D eigenvalue weighted by Gasteiger charge is -2.09. The van der Waals surface area contributed by atoms with Crippen molar-refractivity contribution < 1.29 is 19.1 Å². The van der Waals surface area contributed by atoms with Crippen molar-refractivity contribution in [2.24, 2.45) is 0 Å². The van der Waals surface area contributed by atoms with E-state index in [4.69, 9.17) is 21.1 Å². The number of carbonyl (C=O) groups excluding carboxylic acids is 2. The number of carbonyl (C=O) groups is 2. The van der Waals surface area contributed by atoms with Gasteiger partial charge in [0.2, 0.25) is 0 Å². The van der Waals surface area contributed by atoms with Gasteiger partial charge in [-0.1, -0.05) is 35.9 Å². The number of urea groups is 2. The number of benzene rings is 4. The van der Waals surface area contributed by atoms with Crippen LogP contribution in [0.5, 0.6) is 11.5 Å². The monoisotopic (exact) mass is 546 g/mol. The van der Waals surface area contributed by atoms with Crippen LogP contribution >= 0.6 is 11.6 Å². The molecule has 0 aliphatic rings. The van der Waals surface area contributed by atoms with Gasteiger partial charge >= 0.3 is 12.1 Å². The quantitative estimate of drug-likeness (QED) is 0.179. The van der Waals surface area contributed by atoms with Crippen LogP contribution in [-0.2, 0) is 0 Å². The predicted molar refractivity (Wildman–Crippen MR) is 158 cm³/mol. The molecule has 0 fully saturated rings. The third-order valence-electron chi connectivity index (χ3n) is 4.96. The third-order valence-corrected chi connectivity index (χ3v) is 5.20. The van der Waals surface area contributed by atoms with E-state index in [0.29, 0.717) is 29.6 Å². The highest BCUT2D eigenvalue weighted by Crippen LogP contribution is 2.18. The van der Waals surface area contributed by atoms with E-state index < -0.39 is 0 Å². The SMILES string of the molecule is CCOc1ccc(NC(=O)Nc2cccc(Cl)c2)cc1.CCOc1ccc(NC(=O)Nc2ccccc2)cc1. The fraction of sp³-hybridized carbons (Fsp3) is 0.133. The molecule has 4 rings (SSSR count). The first kappa shape index (κ1) is 28.9. The van der Waals surface area contributed by atoms with Crippen LogP contribution in [0.2, 0.25) is 5.02 Å². The molecule has 0 aromatic heterocycles. The second-order valence-electron chi connectivity index (χ2n) is 7.95. The van der Waals surface area contributed by atoms with E-state index in [9.17, 15) is 9.59 Å². The van der Waals surface area contributed by atoms with Crippen molar-refractivity contribution in [1.29, 1.82) is 0 Å². The molecule has 0 aliphatic heterocycles. The Hall–Kier alpha value is -4.69. The van der Waals surface area contributed by atoms with Gasteiger partial charge in [0.1, 0.15) is 11.5 Å². The molecule has 39 heavy (non-hydrogen) atoms. The zero-order chi connectivity index (χ0) is 27.9. The van der Waals surface area contributed by atoms with Crippen molar-refractivity contribution in [3.63, 3.8) is 0 Å². The predicted octanol–water partition coefficient (Wildman–Crippen LogP) is 8.11. The number of nitrogens with one attached hydrogen (secondary N) is 4. The Kier molecular flexibility index (Phi) is 11.5. The molecule has 8 nitrogen and oxygen atoms in total. The smallest absolute Gasteiger partial charge is 0.323 e. The van der Waals surface area contributed by atoms with Gasteiger partial charge in [0.25, 0.3) is 0 Å². The standard InChI is InChI=1S/C15H15ClN2O2.C15H16N2O2/c1-2-20-14-8-6-12(7-9-14)17-15(19)18-13-5-3-4-11(16)10-13;1-2-19-14-10-8-13(9-11-14)17-15(18)16-12-6-4-3-5-7-12/h3-10H,2H2,1H3,(H2,17,18,19);3-11H,2H2,1H3,(H2,16,17,18). The maximum absolute atomic E-state index is 11.8. The molecular formula is C30H31ClN4O4. The molecular weight excluding hydrogens is 516 g/mol. The number of hydrogen-bond acceptors (Lipinski definition) is 4. The topological polar surface area (TPSA) is 101 Å². The Balaban J connectivity index is 0.000000216. The van der Waals surface area contributed by atoms with Gasteiger partial charge in [0, 0.05) is 27.8 Å². The largest absolute Gasteiger partial charge is 0.494 e. The summed E-state index contributed by atoms with van der Waals surface area (Å²) in [5.74, 6) is 1.56. The van der Waals surface area contributed by atoms with Crippen LogP contribution in [0.15, 0.2) is 103 Å². The molecule has 0 aliphatic carbocycles. The average molecular weight is 547 g/mol. The minimum absolute atomic E-state index is 0.268. The van der Waals surface area contributed by atoms with Crippen LogP contribution in [0.25, 0.3) is 0 Å². The fourth-order valence-corrected chi connectivity index (χ4v) is 3.47. The summed E-state index contributed by atoms with van der Waals surface area (Å²) in [4.78, 5) is 23.5. The molecule has 0 heterocycles. The van der Waals surface area contributed by atoms with Crippen molar-refractivity contribution in [1.82, 2.24) is 0 Å². The number of para-hydroxylation sites is 1. The van der Waals surface area contributed by atoms with E-state index in [1.807, 2.05) is 56.3 Å². The number of hydrogen-bond donors (Lipinski definition) is 4. The molecule has 0 bridgehead atoms. The summed E-state index contributed by atoms with van der Waals surface area (Å²) in [6.45, 7) is 5.09. The van der Waals surface area contributed by atoms with Gasteiger partial charge in [-0.3, -0.25) is 0 Å². The molecule has 0 unspecified atom stereocenters. The van der Waals surface area contributed by atoms with E-state index in [1.165, 1.54) is 0 Å². The molecule has 0 radical (unpaired) electrons. The second-order valence-corrected chi connectivity index (χ2v) is 8.39. The van der Waals surface area contributed by atoms with Gasteiger partial charge in [-0.2, -0.15) is 0 Å². The number of amides is 4. The van der Waals surface area contributed by atoms with Crippen LogP contribution in [0.3, 0.4) is 0 Å². The lowest BCUT2D eigenvalue weighted by Crippen LogP contribution is -2.19. The summed E-state index contributed by atoms with van der Waals surface area (Å²) >= 11 is 5.85. The molecule has 0 saturated carbocycles. The highest BCUT2D eigenvalue weighted by Gasteiger charge is 2.04. The molecule has 4 aromatic rings. The van der Waals surface area contributed by atoms with Gasteiger partial charge in [0.05, 0.1) is 13.2 Å². The second kappa shape index (κ2) is 15.5. The lowest BCUT2D eigenvalue weighted by molar-refractivity contribution is 0.261. The van der Waals surface area contributed by atoms with Crippen molar-refractivity contribution in [2.45, 2.75) is 13.8 Å². The number of halogens is 1. The Morgan fingerprint density at radius 1 is 0.564 bits per heavy atom. The molecule has 4 aromatic carbocycles. The van der Waals surface area contributed by atoms with Crippen LogP contribution in [0.1, 0.15) is 13.8 Å². The van der Waals surface area contributed by atoms with E-state index in [-0.39, 0.29) is 12.1 Å². The number of anilines is 4. The van der Waals surface area contributed by atoms with Crippen molar-refractivity contribution in [3.8, 4) is 11.5 Å². The maximum atomic E-state index is 11.8. The molecule has 4 N–H and O–H groups in total. The van der Waals surface area contributed by atoms with E-state index >= 15 is 0 Å². The number of ether oxygens (including phenoxy) is 2. The van der Waals surface area contributed by atoms with E-state index in [1.54, 1.807) is 60.7 Å². The highest BCUT2D eigenvalue weighted by molar-refractivity contribution is 6.30. The molecule has 0 spiro atoms. The third kappa shape index (κ3) is 10.7. The molecule has 0 atom stereocenters. The zero-order valence-corrected chi connectivity index (χ0v) is 22.5. The van der Waals surface area contributed by atoms with Gasteiger partial charge in [0.15, 0.2) is 0 Å². The summed E-state index contributed by atoms with van der Waals surface area (Å²) in [6.07, 6.45) is 0. The summed E-state index contributed by atoms with van der Waals surface area (Å²) in [5, 5.41) is 11.5. The first-order valence-electron chi connectivity index (χ1n) is 12.4. The van der Waals surface area contributed by atoms with Crippen molar-refractivity contribution in [3.05, 3.63) is 108 Å². The summed E-state index contributed by atoms with van der Waals surface area (Å²) in [7, 11) is 0. The number of rotatable bonds is 8. The van der Waals surface area contributed by atoms with E-state index in [2.05, 4.69) is 21.3 Å². The Bertz CT molecular complexity index is 1320. The molecule has 202 valence electrons. The average Bonchev–Trinajstić information content (AvgIpc) is 2.92. The van der Waals surface area contributed by atoms with Gasteiger partial charge < -0.3 is 30.7 Å². The molecule has 9 heteroatoms. The van der Waals surface area contributed by atoms with E-state index in [0.717, 1.165) is 22.9 Å². The fourth-order valence-electron chi connectivity index (χ4n) is 3.28. The Morgan fingerprint density at radius 2 is 0.974 bits per heavy atom. The van der Waals surface area contributed by atoms with Gasteiger partial charge in [-0.25, -0.2) is 9.59 Å². The Labute approximate surface area is 233 Å². The molecule has 0 saturated heterocycles. The van der Waals surface area contributed by atoms with Crippen LogP contribution in [0, 0.1) is 0 Å². The first-order chi connectivity index (χ1) is 18.9. The van der Waals surface area contributed by atoms with Crippen molar-refractivity contribution in [2.75, 3.05) is 34.5 Å². The minimum atomic E-state index is -0.323. The molecule has 4 amide bonds. The summed E-state index contributed by atoms with van der Waals surface area (Å²) in [5.41, 5.74) is 2.80.